The Labute approximate surface area is 202 Å². The molecule has 0 spiro atoms. The van der Waals surface area contributed by atoms with Gasteiger partial charge in [0.15, 0.2) is 0 Å². The van der Waals surface area contributed by atoms with Crippen LogP contribution in [-0.2, 0) is 16.4 Å². The summed E-state index contributed by atoms with van der Waals surface area (Å²) in [6.45, 7) is 3.99. The highest BCUT2D eigenvalue weighted by atomic mass is 79.9. The van der Waals surface area contributed by atoms with E-state index < -0.39 is 15.9 Å². The Kier molecular flexibility index (Phi) is 6.86. The molecule has 2 aromatic carbocycles. The quantitative estimate of drug-likeness (QED) is 0.290. The number of nitrogens with one attached hydrogen (secondary N) is 2. The van der Waals surface area contributed by atoms with Gasteiger partial charge < -0.3 is 4.98 Å². The number of halogens is 1. The van der Waals surface area contributed by atoms with Crippen LogP contribution in [0, 0.1) is 6.92 Å². The molecule has 172 valence electrons. The lowest BCUT2D eigenvalue weighted by Crippen LogP contribution is -2.32. The molecule has 4 aromatic rings. The fraction of sp³-hybridized carbons (Fsp3) is 0.280. The highest BCUT2D eigenvalue weighted by Gasteiger charge is 2.18. The number of hydrogen-bond donors (Lipinski definition) is 2. The van der Waals surface area contributed by atoms with Gasteiger partial charge in [-0.25, -0.2) is 13.1 Å². The van der Waals surface area contributed by atoms with E-state index in [1.54, 1.807) is 12.1 Å². The molecule has 2 heterocycles. The number of amides is 1. The van der Waals surface area contributed by atoms with Crippen LogP contribution in [0.4, 0.5) is 0 Å². The van der Waals surface area contributed by atoms with Crippen LogP contribution in [0.3, 0.4) is 0 Å². The number of carbonyl (C=O) groups is 1. The first-order chi connectivity index (χ1) is 15.8. The second-order valence-corrected chi connectivity index (χ2v) is 10.9. The topological polar surface area (TPSA) is 91.9 Å². The van der Waals surface area contributed by atoms with Gasteiger partial charge in [-0.1, -0.05) is 44.0 Å². The zero-order valence-electron chi connectivity index (χ0n) is 18.6. The van der Waals surface area contributed by atoms with Gasteiger partial charge in [0.25, 0.3) is 5.91 Å². The van der Waals surface area contributed by atoms with Crippen LogP contribution in [0.5, 0.6) is 0 Å². The first-order valence-corrected chi connectivity index (χ1v) is 13.4. The van der Waals surface area contributed by atoms with Gasteiger partial charge in [-0.05, 0) is 58.4 Å². The molecule has 0 unspecified atom stereocenters. The van der Waals surface area contributed by atoms with E-state index in [-0.39, 0.29) is 5.75 Å². The lowest BCUT2D eigenvalue weighted by atomic mass is 10.0. The summed E-state index contributed by atoms with van der Waals surface area (Å²) in [5, 5.41) is 3.03. The number of fused-ring (bicyclic) bond motifs is 2. The van der Waals surface area contributed by atoms with Crippen molar-refractivity contribution in [2.45, 2.75) is 39.5 Å². The molecule has 1 amide bonds. The van der Waals surface area contributed by atoms with Gasteiger partial charge in [0.1, 0.15) is 0 Å². The summed E-state index contributed by atoms with van der Waals surface area (Å²) in [6.07, 6.45) is 4.69. The maximum absolute atomic E-state index is 12.7. The zero-order valence-corrected chi connectivity index (χ0v) is 21.0. The highest BCUT2D eigenvalue weighted by molar-refractivity contribution is 9.10. The molecule has 4 rings (SSSR count). The second-order valence-electron chi connectivity index (χ2n) is 8.23. The van der Waals surface area contributed by atoms with Crippen molar-refractivity contribution >= 4 is 53.5 Å². The SMILES string of the molecule is CCCCCS(=O)(=O)NC(=O)c1ccc2[nH]c(C)c(Cc3ncc4ccccc4c3Br)c2c1. The molecule has 2 N–H and O–H groups in total. The van der Waals surface area contributed by atoms with E-state index in [4.69, 9.17) is 0 Å². The van der Waals surface area contributed by atoms with Crippen molar-refractivity contribution in [2.75, 3.05) is 5.75 Å². The Hall–Kier alpha value is -2.71. The zero-order chi connectivity index (χ0) is 23.6. The lowest BCUT2D eigenvalue weighted by molar-refractivity contribution is 0.0981. The van der Waals surface area contributed by atoms with E-state index in [2.05, 4.69) is 36.7 Å². The van der Waals surface area contributed by atoms with Crippen molar-refractivity contribution in [3.63, 3.8) is 0 Å². The molecule has 0 saturated carbocycles. The van der Waals surface area contributed by atoms with Gasteiger partial charge in [0.2, 0.25) is 10.0 Å². The molecule has 8 heteroatoms. The number of hydrogen-bond acceptors (Lipinski definition) is 4. The Morgan fingerprint density at radius 1 is 1.12 bits per heavy atom. The third kappa shape index (κ3) is 5.12. The van der Waals surface area contributed by atoms with Crippen LogP contribution in [0.1, 0.15) is 53.5 Å². The lowest BCUT2D eigenvalue weighted by Gasteiger charge is -2.09. The van der Waals surface area contributed by atoms with E-state index in [0.29, 0.717) is 18.4 Å². The summed E-state index contributed by atoms with van der Waals surface area (Å²) in [4.78, 5) is 20.7. The maximum Gasteiger partial charge on any atom is 0.264 e. The summed E-state index contributed by atoms with van der Waals surface area (Å²) in [7, 11) is -3.66. The van der Waals surface area contributed by atoms with Crippen molar-refractivity contribution in [1.82, 2.24) is 14.7 Å². The van der Waals surface area contributed by atoms with Crippen LogP contribution >= 0.6 is 15.9 Å². The van der Waals surface area contributed by atoms with Crippen molar-refractivity contribution in [3.05, 3.63) is 75.6 Å². The van der Waals surface area contributed by atoms with Crippen LogP contribution in [0.25, 0.3) is 21.7 Å². The number of aromatic amines is 1. The summed E-state index contributed by atoms with van der Waals surface area (Å²) in [5.74, 6) is -0.659. The summed E-state index contributed by atoms with van der Waals surface area (Å²) in [6, 6.07) is 13.3. The van der Waals surface area contributed by atoms with Gasteiger partial charge >= 0.3 is 0 Å². The Bertz CT molecular complexity index is 1440. The number of pyridine rings is 1. The van der Waals surface area contributed by atoms with E-state index >= 15 is 0 Å². The molecule has 0 atom stereocenters. The summed E-state index contributed by atoms with van der Waals surface area (Å²) >= 11 is 3.71. The van der Waals surface area contributed by atoms with Crippen LogP contribution in [0.15, 0.2) is 53.1 Å². The molecule has 0 bridgehead atoms. The van der Waals surface area contributed by atoms with Gasteiger partial charge in [-0.2, -0.15) is 0 Å². The number of H-pyrrole nitrogens is 1. The number of benzene rings is 2. The molecule has 0 saturated heterocycles. The van der Waals surface area contributed by atoms with Gasteiger partial charge in [0.05, 0.1) is 11.4 Å². The number of nitrogens with zero attached hydrogens (tertiary/aromatic N) is 1. The van der Waals surface area contributed by atoms with E-state index in [0.717, 1.165) is 55.9 Å². The normalized spacial score (nSPS) is 11.8. The predicted molar refractivity (Wildman–Crippen MR) is 136 cm³/mol. The number of aromatic nitrogens is 2. The number of unbranched alkanes of at least 4 members (excludes halogenated alkanes) is 2. The highest BCUT2D eigenvalue weighted by Crippen LogP contribution is 2.31. The molecule has 33 heavy (non-hydrogen) atoms. The first kappa shape index (κ1) is 23.4. The molecular formula is C25H26BrN3O3S. The molecule has 0 aliphatic heterocycles. The first-order valence-electron chi connectivity index (χ1n) is 11.0. The molecular weight excluding hydrogens is 502 g/mol. The fourth-order valence-electron chi connectivity index (χ4n) is 4.00. The minimum absolute atomic E-state index is 0.0506. The van der Waals surface area contributed by atoms with Crippen LogP contribution < -0.4 is 4.72 Å². The third-order valence-corrected chi connectivity index (χ3v) is 8.01. The van der Waals surface area contributed by atoms with Gasteiger partial charge in [-0.3, -0.25) is 9.78 Å². The third-order valence-electron chi connectivity index (χ3n) is 5.80. The molecule has 2 aromatic heterocycles. The number of carbonyl (C=O) groups excluding carboxylic acids is 1. The fourth-order valence-corrected chi connectivity index (χ4v) is 5.69. The van der Waals surface area contributed by atoms with E-state index in [1.165, 1.54) is 0 Å². The smallest absolute Gasteiger partial charge is 0.264 e. The standard InChI is InChI=1S/C25H26BrN3O3S/c1-3-4-7-12-33(31,32)29-25(30)17-10-11-22-21(13-17)20(16(2)28-22)14-23-24(26)19-9-6-5-8-18(19)15-27-23/h5-6,8-11,13,15,28H,3-4,7,12,14H2,1-2H3,(H,29,30). The molecule has 0 fully saturated rings. The van der Waals surface area contributed by atoms with Gasteiger partial charge in [-0.15, -0.1) is 0 Å². The van der Waals surface area contributed by atoms with Crippen molar-refractivity contribution in [2.24, 2.45) is 0 Å². The molecule has 0 radical (unpaired) electrons. The molecule has 0 aliphatic rings. The number of sulfonamides is 1. The largest absolute Gasteiger partial charge is 0.358 e. The van der Waals surface area contributed by atoms with Gasteiger partial charge in [0, 0.05) is 44.6 Å². The Morgan fingerprint density at radius 3 is 2.70 bits per heavy atom. The Balaban J connectivity index is 1.64. The molecule has 0 aliphatic carbocycles. The van der Waals surface area contributed by atoms with Crippen LogP contribution in [0.2, 0.25) is 0 Å². The number of aryl methyl sites for hydroxylation is 1. The number of rotatable bonds is 8. The monoisotopic (exact) mass is 527 g/mol. The predicted octanol–water partition coefficient (Wildman–Crippen LogP) is 5.63. The second kappa shape index (κ2) is 9.65. The Morgan fingerprint density at radius 2 is 1.91 bits per heavy atom. The van der Waals surface area contributed by atoms with Crippen molar-refractivity contribution < 1.29 is 13.2 Å². The summed E-state index contributed by atoms with van der Waals surface area (Å²) < 4.78 is 27.7. The minimum atomic E-state index is -3.66. The summed E-state index contributed by atoms with van der Waals surface area (Å²) in [5.41, 5.74) is 4.10. The average Bonchev–Trinajstić information content (AvgIpc) is 3.09. The van der Waals surface area contributed by atoms with E-state index in [9.17, 15) is 13.2 Å². The van der Waals surface area contributed by atoms with Crippen molar-refractivity contribution in [3.8, 4) is 0 Å². The van der Waals surface area contributed by atoms with Crippen molar-refractivity contribution in [1.29, 1.82) is 0 Å². The van der Waals surface area contributed by atoms with E-state index in [1.807, 2.05) is 44.3 Å². The average molecular weight is 528 g/mol. The maximum atomic E-state index is 12.7. The minimum Gasteiger partial charge on any atom is -0.358 e. The molecule has 6 nitrogen and oxygen atoms in total. The van der Waals surface area contributed by atoms with Crippen LogP contribution in [-0.4, -0.2) is 30.0 Å².